The van der Waals surface area contributed by atoms with Gasteiger partial charge in [-0.15, -0.1) is 11.8 Å². The second-order valence-electron chi connectivity index (χ2n) is 7.65. The molecule has 0 saturated carbocycles. The summed E-state index contributed by atoms with van der Waals surface area (Å²) in [4.78, 5) is 38.1. The summed E-state index contributed by atoms with van der Waals surface area (Å²) in [6, 6.07) is 21.7. The summed E-state index contributed by atoms with van der Waals surface area (Å²) < 4.78 is 0. The highest BCUT2D eigenvalue weighted by atomic mass is 35.5. The van der Waals surface area contributed by atoms with Gasteiger partial charge in [-0.05, 0) is 59.7 Å². The smallest absolute Gasteiger partial charge is 0.255 e. The molecule has 8 heteroatoms. The molecule has 1 saturated heterocycles. The van der Waals surface area contributed by atoms with E-state index in [-0.39, 0.29) is 23.1 Å². The van der Waals surface area contributed by atoms with E-state index in [4.69, 9.17) is 11.6 Å². The molecule has 3 aromatic carbocycles. The van der Waals surface area contributed by atoms with Crippen molar-refractivity contribution < 1.29 is 14.4 Å². The zero-order valence-electron chi connectivity index (χ0n) is 17.9. The van der Waals surface area contributed by atoms with Gasteiger partial charge in [-0.25, -0.2) is 0 Å². The monoisotopic (exact) mass is 479 g/mol. The van der Waals surface area contributed by atoms with Gasteiger partial charge in [0.15, 0.2) is 0 Å². The average Bonchev–Trinajstić information content (AvgIpc) is 3.16. The maximum absolute atomic E-state index is 12.6. The predicted molar refractivity (Wildman–Crippen MR) is 132 cm³/mol. The number of hydrogen-bond acceptors (Lipinski definition) is 4. The predicted octanol–water partition coefficient (Wildman–Crippen LogP) is 5.32. The fourth-order valence-corrected chi connectivity index (χ4v) is 4.84. The lowest BCUT2D eigenvalue weighted by molar-refractivity contribution is -0.128. The second kappa shape index (κ2) is 10.1. The Bertz CT molecular complexity index is 1170. The van der Waals surface area contributed by atoms with Gasteiger partial charge in [-0.2, -0.15) is 0 Å². The van der Waals surface area contributed by atoms with Gasteiger partial charge in [-0.3, -0.25) is 14.4 Å². The molecule has 3 amide bonds. The molecule has 0 spiro atoms. The summed E-state index contributed by atoms with van der Waals surface area (Å²) in [5.41, 5.74) is 3.79. The van der Waals surface area contributed by atoms with Crippen LogP contribution in [0.4, 0.5) is 11.4 Å². The molecule has 4 rings (SSSR count). The molecule has 3 aromatic rings. The highest BCUT2D eigenvalue weighted by molar-refractivity contribution is 8.00. The van der Waals surface area contributed by atoms with E-state index >= 15 is 0 Å². The van der Waals surface area contributed by atoms with Crippen molar-refractivity contribution in [1.29, 1.82) is 0 Å². The number of anilines is 2. The van der Waals surface area contributed by atoms with Gasteiger partial charge in [0, 0.05) is 35.4 Å². The molecular formula is C25H22ClN3O3S. The quantitative estimate of drug-likeness (QED) is 0.501. The van der Waals surface area contributed by atoms with Crippen molar-refractivity contribution >= 4 is 52.5 Å². The number of amides is 3. The first-order valence-corrected chi connectivity index (χ1v) is 11.8. The lowest BCUT2D eigenvalue weighted by atomic mass is 10.1. The number of rotatable bonds is 6. The van der Waals surface area contributed by atoms with Crippen LogP contribution in [0.2, 0.25) is 5.02 Å². The summed E-state index contributed by atoms with van der Waals surface area (Å²) in [6.45, 7) is 1.95. The normalized spacial score (nSPS) is 15.4. The van der Waals surface area contributed by atoms with E-state index in [2.05, 4.69) is 10.6 Å². The van der Waals surface area contributed by atoms with Crippen LogP contribution in [0.15, 0.2) is 72.8 Å². The first-order chi connectivity index (χ1) is 15.9. The summed E-state index contributed by atoms with van der Waals surface area (Å²) in [5.74, 6) is 0.127. The molecule has 1 fully saturated rings. The fourth-order valence-electron chi connectivity index (χ4n) is 3.53. The average molecular weight is 480 g/mol. The lowest BCUT2D eigenvalue weighted by Gasteiger charge is -2.24. The van der Waals surface area contributed by atoms with Crippen molar-refractivity contribution in [2.45, 2.75) is 18.8 Å². The van der Waals surface area contributed by atoms with Crippen LogP contribution in [0.1, 0.15) is 33.8 Å². The summed E-state index contributed by atoms with van der Waals surface area (Å²) in [6.07, 6.45) is 0. The van der Waals surface area contributed by atoms with Crippen molar-refractivity contribution in [3.8, 4) is 0 Å². The van der Waals surface area contributed by atoms with Crippen LogP contribution in [0.5, 0.6) is 0 Å². The first-order valence-electron chi connectivity index (χ1n) is 10.3. The minimum absolute atomic E-state index is 0.0875. The summed E-state index contributed by atoms with van der Waals surface area (Å²) >= 11 is 7.54. The Morgan fingerprint density at radius 3 is 2.15 bits per heavy atom. The van der Waals surface area contributed by atoms with E-state index in [0.717, 1.165) is 11.1 Å². The van der Waals surface area contributed by atoms with Crippen LogP contribution in [0, 0.1) is 0 Å². The van der Waals surface area contributed by atoms with E-state index in [1.807, 2.05) is 41.3 Å². The van der Waals surface area contributed by atoms with Gasteiger partial charge in [0.1, 0.15) is 5.37 Å². The van der Waals surface area contributed by atoms with E-state index in [1.165, 1.54) is 6.92 Å². The fraction of sp³-hybridized carbons (Fsp3) is 0.160. The molecule has 0 aromatic heterocycles. The molecule has 1 heterocycles. The Labute approximate surface area is 201 Å². The van der Waals surface area contributed by atoms with Gasteiger partial charge < -0.3 is 15.5 Å². The van der Waals surface area contributed by atoms with Gasteiger partial charge in [0.05, 0.1) is 5.75 Å². The number of thioether (sulfide) groups is 1. The molecule has 2 N–H and O–H groups in total. The number of carbonyl (C=O) groups is 3. The van der Waals surface area contributed by atoms with Gasteiger partial charge in [-0.1, -0.05) is 35.9 Å². The molecular weight excluding hydrogens is 458 g/mol. The molecule has 1 aliphatic rings. The van der Waals surface area contributed by atoms with Crippen molar-refractivity contribution in [2.24, 2.45) is 0 Å². The highest BCUT2D eigenvalue weighted by Gasteiger charge is 2.32. The minimum Gasteiger partial charge on any atom is -0.326 e. The number of benzene rings is 3. The lowest BCUT2D eigenvalue weighted by Crippen LogP contribution is -2.27. The third-order valence-electron chi connectivity index (χ3n) is 5.16. The molecule has 33 heavy (non-hydrogen) atoms. The van der Waals surface area contributed by atoms with E-state index in [1.54, 1.807) is 48.2 Å². The first kappa shape index (κ1) is 22.9. The highest BCUT2D eigenvalue weighted by Crippen LogP contribution is 2.39. The number of nitrogens with zero attached hydrogens (tertiary/aromatic N) is 1. The molecule has 1 aliphatic heterocycles. The van der Waals surface area contributed by atoms with Crippen LogP contribution in [-0.2, 0) is 16.1 Å². The van der Waals surface area contributed by atoms with Crippen LogP contribution in [0.25, 0.3) is 0 Å². The molecule has 0 aliphatic carbocycles. The number of carbonyl (C=O) groups excluding carboxylic acids is 3. The standard InChI is InChI=1S/C25H22ClN3O3S/c1-16(30)27-21-10-12-22(13-11-21)28-24(32)18-4-6-19(7-5-18)25-29(23(31)15-33-25)14-17-2-8-20(26)9-3-17/h2-13,25H,14-15H2,1H3,(H,27,30)(H,28,32)/t25-/m0/s1. The van der Waals surface area contributed by atoms with Crippen molar-refractivity contribution in [3.63, 3.8) is 0 Å². The number of nitrogens with one attached hydrogen (secondary N) is 2. The maximum atomic E-state index is 12.6. The van der Waals surface area contributed by atoms with Gasteiger partial charge >= 0.3 is 0 Å². The SMILES string of the molecule is CC(=O)Nc1ccc(NC(=O)c2ccc([C@@H]3SCC(=O)N3Cc3ccc(Cl)cc3)cc2)cc1. The van der Waals surface area contributed by atoms with E-state index < -0.39 is 0 Å². The third kappa shape index (κ3) is 5.74. The van der Waals surface area contributed by atoms with Crippen LogP contribution < -0.4 is 10.6 Å². The van der Waals surface area contributed by atoms with Gasteiger partial charge in [0.2, 0.25) is 11.8 Å². The summed E-state index contributed by atoms with van der Waals surface area (Å²) in [5, 5.41) is 6.09. The zero-order valence-corrected chi connectivity index (χ0v) is 19.5. The molecule has 6 nitrogen and oxygen atoms in total. The van der Waals surface area contributed by atoms with E-state index in [9.17, 15) is 14.4 Å². The Morgan fingerprint density at radius 2 is 1.55 bits per heavy atom. The molecule has 0 radical (unpaired) electrons. The van der Waals surface area contributed by atoms with Crippen molar-refractivity contribution in [2.75, 3.05) is 16.4 Å². The Hall–Kier alpha value is -3.29. The molecule has 0 unspecified atom stereocenters. The van der Waals surface area contributed by atoms with E-state index in [0.29, 0.717) is 34.3 Å². The second-order valence-corrected chi connectivity index (χ2v) is 9.15. The summed E-state index contributed by atoms with van der Waals surface area (Å²) in [7, 11) is 0. The van der Waals surface area contributed by atoms with Crippen molar-refractivity contribution in [3.05, 3.63) is 94.5 Å². The topological polar surface area (TPSA) is 78.5 Å². The zero-order chi connectivity index (χ0) is 23.4. The van der Waals surface area contributed by atoms with Crippen LogP contribution in [-0.4, -0.2) is 28.4 Å². The van der Waals surface area contributed by atoms with Gasteiger partial charge in [0.25, 0.3) is 5.91 Å². The number of halogens is 1. The Morgan fingerprint density at radius 1 is 0.939 bits per heavy atom. The third-order valence-corrected chi connectivity index (χ3v) is 6.66. The Balaban J connectivity index is 1.42. The van der Waals surface area contributed by atoms with Crippen molar-refractivity contribution in [1.82, 2.24) is 4.90 Å². The molecule has 168 valence electrons. The molecule has 0 bridgehead atoms. The van der Waals surface area contributed by atoms with Crippen LogP contribution >= 0.6 is 23.4 Å². The van der Waals surface area contributed by atoms with Crippen LogP contribution in [0.3, 0.4) is 0 Å². The minimum atomic E-state index is -0.234. The number of hydrogen-bond donors (Lipinski definition) is 2. The largest absolute Gasteiger partial charge is 0.326 e. The maximum Gasteiger partial charge on any atom is 0.255 e. The Kier molecular flexibility index (Phi) is 7.01. The molecule has 1 atom stereocenters.